The first-order valence-corrected chi connectivity index (χ1v) is 13.5. The van der Waals surface area contributed by atoms with Gasteiger partial charge in [-0.25, -0.2) is 4.37 Å². The molecule has 37 heavy (non-hydrogen) atoms. The zero-order chi connectivity index (χ0) is 25.7. The number of rotatable bonds is 4. The van der Waals surface area contributed by atoms with Crippen LogP contribution in [0, 0.1) is 30.6 Å². The van der Waals surface area contributed by atoms with Crippen LogP contribution in [0.1, 0.15) is 45.5 Å². The first-order valence-electron chi connectivity index (χ1n) is 12.7. The fourth-order valence-electron chi connectivity index (χ4n) is 6.25. The molecule has 2 fully saturated rings. The Morgan fingerprint density at radius 3 is 2.78 bits per heavy atom. The predicted molar refractivity (Wildman–Crippen MR) is 148 cm³/mol. The quantitative estimate of drug-likeness (QED) is 0.442. The van der Waals surface area contributed by atoms with Crippen molar-refractivity contribution in [2.24, 2.45) is 5.41 Å². The standard InChI is InChI=1S/C30H29N5OS/c1-4-26(36)35-17-30(18-35)9-11-34(16-30)25-13-22-12-21(29-20(3)15-33-37-29)7-8-23(22)27(24(25)14-31)28-19(2)6-5-10-32-28/h4-6,10,12-13,15H,1,7-9,11,16-18H2,2-3H3. The molecule has 0 radical (unpaired) electrons. The van der Waals surface area contributed by atoms with Gasteiger partial charge in [-0.3, -0.25) is 9.78 Å². The van der Waals surface area contributed by atoms with Crippen molar-refractivity contribution in [3.8, 4) is 17.3 Å². The van der Waals surface area contributed by atoms with Gasteiger partial charge in [-0.15, -0.1) is 0 Å². The molecule has 1 amide bonds. The molecule has 1 aliphatic carbocycles. The number of pyridine rings is 1. The molecular weight excluding hydrogens is 478 g/mol. The molecule has 0 bridgehead atoms. The molecule has 4 heterocycles. The highest BCUT2D eigenvalue weighted by Gasteiger charge is 2.49. The van der Waals surface area contributed by atoms with Gasteiger partial charge in [0.1, 0.15) is 6.07 Å². The molecule has 6 nitrogen and oxygen atoms in total. The summed E-state index contributed by atoms with van der Waals surface area (Å²) >= 11 is 1.55. The van der Waals surface area contributed by atoms with Crippen LogP contribution in [0.15, 0.2) is 43.2 Å². The Labute approximate surface area is 221 Å². The topological polar surface area (TPSA) is 73.1 Å². The number of nitriles is 1. The molecule has 6 rings (SSSR count). The van der Waals surface area contributed by atoms with Gasteiger partial charge in [0.2, 0.25) is 5.91 Å². The summed E-state index contributed by atoms with van der Waals surface area (Å²) in [6.07, 6.45) is 10.2. The largest absolute Gasteiger partial charge is 0.370 e. The number of likely N-dealkylation sites (tertiary alicyclic amines) is 1. The number of hydrogen-bond donors (Lipinski definition) is 0. The van der Waals surface area contributed by atoms with E-state index >= 15 is 0 Å². The van der Waals surface area contributed by atoms with Gasteiger partial charge in [0, 0.05) is 49.6 Å². The minimum atomic E-state index is -0.000454. The lowest BCUT2D eigenvalue weighted by atomic mass is 9.79. The summed E-state index contributed by atoms with van der Waals surface area (Å²) in [5, 5.41) is 10.5. The molecule has 3 aromatic rings. The maximum absolute atomic E-state index is 12.1. The lowest BCUT2D eigenvalue weighted by molar-refractivity contribution is -0.136. The Bertz CT molecular complexity index is 1500. The molecule has 1 spiro atoms. The van der Waals surface area contributed by atoms with Crippen LogP contribution in [0.3, 0.4) is 0 Å². The van der Waals surface area contributed by atoms with Crippen LogP contribution in [0.2, 0.25) is 0 Å². The Morgan fingerprint density at radius 2 is 2.08 bits per heavy atom. The van der Waals surface area contributed by atoms with E-state index in [-0.39, 0.29) is 11.3 Å². The molecule has 2 aromatic heterocycles. The summed E-state index contributed by atoms with van der Waals surface area (Å²) in [6, 6.07) is 8.81. The van der Waals surface area contributed by atoms with Crippen molar-refractivity contribution in [2.75, 3.05) is 31.1 Å². The van der Waals surface area contributed by atoms with Crippen LogP contribution in [0.25, 0.3) is 22.9 Å². The van der Waals surface area contributed by atoms with E-state index < -0.39 is 0 Å². The van der Waals surface area contributed by atoms with E-state index in [1.165, 1.54) is 33.2 Å². The van der Waals surface area contributed by atoms with Crippen molar-refractivity contribution >= 4 is 34.8 Å². The molecule has 0 N–H and O–H groups in total. The minimum Gasteiger partial charge on any atom is -0.370 e. The Balaban J connectivity index is 1.47. The molecule has 186 valence electrons. The van der Waals surface area contributed by atoms with Crippen molar-refractivity contribution in [3.63, 3.8) is 0 Å². The number of hydrogen-bond acceptors (Lipinski definition) is 6. The molecule has 3 aliphatic rings. The first-order chi connectivity index (χ1) is 17.9. The molecule has 0 saturated carbocycles. The van der Waals surface area contributed by atoms with Crippen molar-refractivity contribution in [1.82, 2.24) is 14.3 Å². The van der Waals surface area contributed by atoms with E-state index in [1.807, 2.05) is 23.4 Å². The number of aryl methyl sites for hydroxylation is 2. The summed E-state index contributed by atoms with van der Waals surface area (Å²) in [4.78, 5) is 22.3. The number of anilines is 1. The maximum Gasteiger partial charge on any atom is 0.245 e. The number of carbonyl (C=O) groups excluding carboxylic acids is 1. The molecule has 2 aliphatic heterocycles. The van der Waals surface area contributed by atoms with Crippen LogP contribution in [0.4, 0.5) is 5.69 Å². The number of carbonyl (C=O) groups is 1. The number of amides is 1. The van der Waals surface area contributed by atoms with Crippen LogP contribution in [-0.4, -0.2) is 46.3 Å². The number of allylic oxidation sites excluding steroid dienone is 1. The van der Waals surface area contributed by atoms with Crippen LogP contribution in [-0.2, 0) is 11.2 Å². The molecular formula is C30H29N5OS. The van der Waals surface area contributed by atoms with Crippen molar-refractivity contribution in [3.05, 3.63) is 75.9 Å². The second-order valence-corrected chi connectivity index (χ2v) is 11.4. The lowest BCUT2D eigenvalue weighted by Gasteiger charge is -2.47. The Hall–Kier alpha value is -3.76. The van der Waals surface area contributed by atoms with Crippen LogP contribution in [0.5, 0.6) is 0 Å². The average Bonchev–Trinajstić information content (AvgIpc) is 3.53. The van der Waals surface area contributed by atoms with Gasteiger partial charge in [-0.1, -0.05) is 12.6 Å². The van der Waals surface area contributed by atoms with E-state index in [2.05, 4.69) is 54.0 Å². The summed E-state index contributed by atoms with van der Waals surface area (Å²) < 4.78 is 4.40. The van der Waals surface area contributed by atoms with Gasteiger partial charge in [-0.05, 0) is 96.8 Å². The Kier molecular flexibility index (Phi) is 5.73. The van der Waals surface area contributed by atoms with Gasteiger partial charge in [-0.2, -0.15) is 5.26 Å². The predicted octanol–water partition coefficient (Wildman–Crippen LogP) is 5.41. The summed E-state index contributed by atoms with van der Waals surface area (Å²) in [5.41, 5.74) is 9.60. The zero-order valence-electron chi connectivity index (χ0n) is 21.3. The smallest absolute Gasteiger partial charge is 0.245 e. The third kappa shape index (κ3) is 3.87. The normalized spacial score (nSPS) is 17.7. The average molecular weight is 508 g/mol. The highest BCUT2D eigenvalue weighted by molar-refractivity contribution is 7.07. The Morgan fingerprint density at radius 1 is 1.24 bits per heavy atom. The van der Waals surface area contributed by atoms with Gasteiger partial charge in [0.15, 0.2) is 0 Å². The fraction of sp³-hybridized carbons (Fsp3) is 0.333. The van der Waals surface area contributed by atoms with Gasteiger partial charge in [0.25, 0.3) is 0 Å². The third-order valence-corrected chi connectivity index (χ3v) is 9.12. The number of aromatic nitrogens is 2. The zero-order valence-corrected chi connectivity index (χ0v) is 22.1. The van der Waals surface area contributed by atoms with Gasteiger partial charge < -0.3 is 9.80 Å². The van der Waals surface area contributed by atoms with Crippen LogP contribution < -0.4 is 4.90 Å². The SMILES string of the molecule is C=CC(=O)N1CC2(CCN(c3cc4c(c(-c5ncccc5C)c3C#N)CCC(c3sncc3C)=C4)C2)C1. The summed E-state index contributed by atoms with van der Waals surface area (Å²) in [6.45, 7) is 11.0. The minimum absolute atomic E-state index is 0.000454. The second kappa shape index (κ2) is 8.97. The fourth-order valence-corrected chi connectivity index (χ4v) is 7.04. The molecule has 7 heteroatoms. The highest BCUT2D eigenvalue weighted by atomic mass is 32.1. The van der Waals surface area contributed by atoms with Gasteiger partial charge in [0.05, 0.1) is 21.8 Å². The highest BCUT2D eigenvalue weighted by Crippen LogP contribution is 2.46. The summed E-state index contributed by atoms with van der Waals surface area (Å²) in [5.74, 6) is -0.000454. The van der Waals surface area contributed by atoms with E-state index in [1.54, 1.807) is 11.5 Å². The third-order valence-electron chi connectivity index (χ3n) is 8.14. The first kappa shape index (κ1) is 23.6. The van der Waals surface area contributed by atoms with Crippen LogP contribution >= 0.6 is 11.5 Å². The van der Waals surface area contributed by atoms with Crippen molar-refractivity contribution in [2.45, 2.75) is 33.1 Å². The second-order valence-electron chi connectivity index (χ2n) is 10.6. The number of nitrogens with zero attached hydrogens (tertiary/aromatic N) is 5. The molecule has 1 aromatic carbocycles. The van der Waals surface area contributed by atoms with Crippen molar-refractivity contribution < 1.29 is 4.79 Å². The van der Waals surface area contributed by atoms with E-state index in [4.69, 9.17) is 4.98 Å². The molecule has 2 saturated heterocycles. The number of benzene rings is 1. The van der Waals surface area contributed by atoms with E-state index in [0.29, 0.717) is 5.56 Å². The molecule has 0 atom stereocenters. The lowest BCUT2D eigenvalue weighted by Crippen LogP contribution is -2.59. The number of fused-ring (bicyclic) bond motifs is 1. The maximum atomic E-state index is 12.1. The van der Waals surface area contributed by atoms with E-state index in [0.717, 1.165) is 67.9 Å². The van der Waals surface area contributed by atoms with E-state index in [9.17, 15) is 10.1 Å². The van der Waals surface area contributed by atoms with Gasteiger partial charge >= 0.3 is 0 Å². The monoisotopic (exact) mass is 507 g/mol. The van der Waals surface area contributed by atoms with Crippen molar-refractivity contribution in [1.29, 1.82) is 5.26 Å². The molecule has 0 unspecified atom stereocenters. The summed E-state index contributed by atoms with van der Waals surface area (Å²) in [7, 11) is 0.